The van der Waals surface area contributed by atoms with Crippen molar-refractivity contribution in [2.75, 3.05) is 0 Å². The van der Waals surface area contributed by atoms with Gasteiger partial charge < -0.3 is 9.73 Å². The van der Waals surface area contributed by atoms with Crippen molar-refractivity contribution in [1.82, 2.24) is 5.32 Å². The maximum atomic E-state index is 12.3. The Hall–Kier alpha value is -2.10. The van der Waals surface area contributed by atoms with Crippen LogP contribution in [0.2, 0.25) is 0 Å². The predicted octanol–water partition coefficient (Wildman–Crippen LogP) is 3.55. The summed E-state index contributed by atoms with van der Waals surface area (Å²) in [6.45, 7) is 2.47. The van der Waals surface area contributed by atoms with Crippen LogP contribution in [0.4, 0.5) is 0 Å². The second-order valence-corrected chi connectivity index (χ2v) is 6.33. The fourth-order valence-corrected chi connectivity index (χ4v) is 3.33. The van der Waals surface area contributed by atoms with Crippen molar-refractivity contribution in [2.24, 2.45) is 5.92 Å². The van der Waals surface area contributed by atoms with Crippen LogP contribution in [-0.4, -0.2) is 5.91 Å². The molecule has 122 valence electrons. The van der Waals surface area contributed by atoms with Gasteiger partial charge in [0, 0.05) is 23.9 Å². The van der Waals surface area contributed by atoms with Gasteiger partial charge in [-0.2, -0.15) is 0 Å². The van der Waals surface area contributed by atoms with E-state index >= 15 is 0 Å². The summed E-state index contributed by atoms with van der Waals surface area (Å²) >= 11 is 0. The first-order chi connectivity index (χ1) is 11.2. The molecule has 0 bridgehead atoms. The van der Waals surface area contributed by atoms with Gasteiger partial charge in [-0.15, -0.1) is 0 Å². The normalized spacial score (nSPS) is 15.7. The molecule has 1 aromatic carbocycles. The highest BCUT2D eigenvalue weighted by atomic mass is 16.4. The standard InChI is InChI=1S/C19H23NO3/c1-2-13-8-9-17-16(10-13)15(11-18(21)23-17)12-20-19(22)14-6-4-3-5-7-14/h8-11,14H,2-7,12H2,1H3,(H,20,22). The number of amides is 1. The van der Waals surface area contributed by atoms with Gasteiger partial charge in [0.2, 0.25) is 5.91 Å². The molecule has 1 heterocycles. The van der Waals surface area contributed by atoms with Crippen molar-refractivity contribution in [1.29, 1.82) is 0 Å². The number of nitrogens with one attached hydrogen (secondary N) is 1. The monoisotopic (exact) mass is 313 g/mol. The van der Waals surface area contributed by atoms with Crippen LogP contribution in [0.3, 0.4) is 0 Å². The summed E-state index contributed by atoms with van der Waals surface area (Å²) in [5.74, 6) is 0.235. The van der Waals surface area contributed by atoms with Crippen LogP contribution in [-0.2, 0) is 17.8 Å². The average Bonchev–Trinajstić information content (AvgIpc) is 2.59. The third-order valence-corrected chi connectivity index (χ3v) is 4.73. The molecule has 4 nitrogen and oxygen atoms in total. The molecule has 1 N–H and O–H groups in total. The first-order valence-electron chi connectivity index (χ1n) is 8.50. The second-order valence-electron chi connectivity index (χ2n) is 6.33. The van der Waals surface area contributed by atoms with E-state index in [0.717, 1.165) is 43.1 Å². The SMILES string of the molecule is CCc1ccc2oc(=O)cc(CNC(=O)C3CCCCC3)c2c1. The fraction of sp³-hybridized carbons (Fsp3) is 0.474. The van der Waals surface area contributed by atoms with E-state index in [9.17, 15) is 9.59 Å². The number of fused-ring (bicyclic) bond motifs is 1. The van der Waals surface area contributed by atoms with Gasteiger partial charge in [-0.05, 0) is 42.5 Å². The number of hydrogen-bond acceptors (Lipinski definition) is 3. The van der Waals surface area contributed by atoms with Crippen molar-refractivity contribution >= 4 is 16.9 Å². The summed E-state index contributed by atoms with van der Waals surface area (Å²) in [4.78, 5) is 24.0. The summed E-state index contributed by atoms with van der Waals surface area (Å²) in [6.07, 6.45) is 6.37. The average molecular weight is 313 g/mol. The number of benzene rings is 1. The third-order valence-electron chi connectivity index (χ3n) is 4.73. The van der Waals surface area contributed by atoms with Gasteiger partial charge in [0.25, 0.3) is 0 Å². The molecule has 1 fully saturated rings. The Morgan fingerprint density at radius 2 is 2.00 bits per heavy atom. The van der Waals surface area contributed by atoms with E-state index in [2.05, 4.69) is 12.2 Å². The minimum Gasteiger partial charge on any atom is -0.423 e. The third kappa shape index (κ3) is 3.63. The van der Waals surface area contributed by atoms with Crippen molar-refractivity contribution in [3.8, 4) is 0 Å². The van der Waals surface area contributed by atoms with Crippen LogP contribution < -0.4 is 10.9 Å². The number of rotatable bonds is 4. The molecular weight excluding hydrogens is 290 g/mol. The molecule has 1 aromatic heterocycles. The van der Waals surface area contributed by atoms with E-state index < -0.39 is 0 Å². The Balaban J connectivity index is 1.81. The Bertz CT molecular complexity index is 757. The van der Waals surface area contributed by atoms with Crippen LogP contribution >= 0.6 is 0 Å². The van der Waals surface area contributed by atoms with E-state index in [1.165, 1.54) is 18.1 Å². The zero-order chi connectivity index (χ0) is 16.2. The molecule has 0 spiro atoms. The summed E-state index contributed by atoms with van der Waals surface area (Å²) in [5.41, 5.74) is 2.22. The minimum atomic E-state index is -0.372. The molecule has 0 radical (unpaired) electrons. The molecule has 2 aromatic rings. The molecule has 0 unspecified atom stereocenters. The van der Waals surface area contributed by atoms with Crippen LogP contribution in [0.1, 0.15) is 50.2 Å². The molecule has 0 aliphatic heterocycles. The fourth-order valence-electron chi connectivity index (χ4n) is 3.33. The van der Waals surface area contributed by atoms with Crippen LogP contribution in [0, 0.1) is 5.92 Å². The van der Waals surface area contributed by atoms with E-state index in [-0.39, 0.29) is 17.5 Å². The van der Waals surface area contributed by atoms with E-state index in [1.54, 1.807) is 0 Å². The molecule has 0 atom stereocenters. The van der Waals surface area contributed by atoms with Gasteiger partial charge in [0.1, 0.15) is 5.58 Å². The second kappa shape index (κ2) is 6.99. The molecule has 4 heteroatoms. The maximum absolute atomic E-state index is 12.3. The summed E-state index contributed by atoms with van der Waals surface area (Å²) < 4.78 is 5.26. The highest BCUT2D eigenvalue weighted by Gasteiger charge is 2.21. The summed E-state index contributed by atoms with van der Waals surface area (Å²) in [6, 6.07) is 7.33. The first-order valence-corrected chi connectivity index (χ1v) is 8.50. The van der Waals surface area contributed by atoms with Crippen molar-refractivity contribution in [2.45, 2.75) is 52.0 Å². The summed E-state index contributed by atoms with van der Waals surface area (Å²) in [7, 11) is 0. The van der Waals surface area contributed by atoms with Crippen molar-refractivity contribution < 1.29 is 9.21 Å². The molecule has 0 saturated heterocycles. The molecule has 1 saturated carbocycles. The zero-order valence-electron chi connectivity index (χ0n) is 13.6. The van der Waals surface area contributed by atoms with Gasteiger partial charge in [0.05, 0.1) is 0 Å². The lowest BCUT2D eigenvalue weighted by Crippen LogP contribution is -2.31. The van der Waals surface area contributed by atoms with Crippen LogP contribution in [0.25, 0.3) is 11.0 Å². The quantitative estimate of drug-likeness (QED) is 0.878. The Morgan fingerprint density at radius 1 is 1.22 bits per heavy atom. The molecule has 1 aliphatic rings. The minimum absolute atomic E-state index is 0.109. The molecule has 1 amide bonds. The largest absolute Gasteiger partial charge is 0.423 e. The smallest absolute Gasteiger partial charge is 0.336 e. The van der Waals surface area contributed by atoms with Gasteiger partial charge >= 0.3 is 5.63 Å². The number of carbonyl (C=O) groups is 1. The van der Waals surface area contributed by atoms with Crippen molar-refractivity contribution in [3.63, 3.8) is 0 Å². The Kier molecular flexibility index (Phi) is 4.79. The Labute approximate surface area is 135 Å². The van der Waals surface area contributed by atoms with E-state index in [4.69, 9.17) is 4.42 Å². The lowest BCUT2D eigenvalue weighted by Gasteiger charge is -2.20. The van der Waals surface area contributed by atoms with E-state index in [1.807, 2.05) is 18.2 Å². The molecule has 1 aliphatic carbocycles. The highest BCUT2D eigenvalue weighted by molar-refractivity contribution is 5.82. The number of hydrogen-bond donors (Lipinski definition) is 1. The van der Waals surface area contributed by atoms with Gasteiger partial charge in [-0.1, -0.05) is 32.3 Å². The van der Waals surface area contributed by atoms with Crippen LogP contribution in [0.15, 0.2) is 33.5 Å². The first kappa shape index (κ1) is 15.8. The predicted molar refractivity (Wildman–Crippen MR) is 90.3 cm³/mol. The lowest BCUT2D eigenvalue weighted by molar-refractivity contribution is -0.126. The number of aryl methyl sites for hydroxylation is 1. The summed E-state index contributed by atoms with van der Waals surface area (Å²) in [5, 5.41) is 3.92. The maximum Gasteiger partial charge on any atom is 0.336 e. The van der Waals surface area contributed by atoms with E-state index in [0.29, 0.717) is 12.1 Å². The van der Waals surface area contributed by atoms with Gasteiger partial charge in [0.15, 0.2) is 0 Å². The lowest BCUT2D eigenvalue weighted by atomic mass is 9.88. The Morgan fingerprint density at radius 3 is 2.74 bits per heavy atom. The van der Waals surface area contributed by atoms with Crippen molar-refractivity contribution in [3.05, 3.63) is 45.8 Å². The van der Waals surface area contributed by atoms with Crippen LogP contribution in [0.5, 0.6) is 0 Å². The molecule has 23 heavy (non-hydrogen) atoms. The number of carbonyl (C=O) groups excluding carboxylic acids is 1. The van der Waals surface area contributed by atoms with Gasteiger partial charge in [-0.25, -0.2) is 4.79 Å². The van der Waals surface area contributed by atoms with Gasteiger partial charge in [-0.3, -0.25) is 4.79 Å². The molecule has 3 rings (SSSR count). The zero-order valence-corrected chi connectivity index (χ0v) is 13.6. The highest BCUT2D eigenvalue weighted by Crippen LogP contribution is 2.24. The molecular formula is C19H23NO3. The topological polar surface area (TPSA) is 59.3 Å².